The molecule has 0 aliphatic heterocycles. The minimum absolute atomic E-state index is 0.224. The van der Waals surface area contributed by atoms with Gasteiger partial charge in [-0.3, -0.25) is 4.79 Å². The van der Waals surface area contributed by atoms with Gasteiger partial charge in [0.2, 0.25) is 4.77 Å². The Kier molecular flexibility index (Phi) is 3.50. The van der Waals surface area contributed by atoms with Crippen molar-refractivity contribution in [2.75, 3.05) is 0 Å². The summed E-state index contributed by atoms with van der Waals surface area (Å²) >= 11 is 5.20. The predicted octanol–water partition coefficient (Wildman–Crippen LogP) is 3.25. The van der Waals surface area contributed by atoms with E-state index in [0.717, 1.165) is 5.56 Å². The average molecular weight is 295 g/mol. The molecule has 21 heavy (non-hydrogen) atoms. The van der Waals surface area contributed by atoms with Crippen molar-refractivity contribution in [2.24, 2.45) is 5.10 Å². The van der Waals surface area contributed by atoms with Crippen molar-refractivity contribution in [1.82, 2.24) is 9.66 Å². The molecular weight excluding hydrogens is 282 g/mol. The molecule has 1 N–H and O–H groups in total. The lowest BCUT2D eigenvalue weighted by molar-refractivity contribution is 0.800. The lowest BCUT2D eigenvalue weighted by Gasteiger charge is -2.02. The topological polar surface area (TPSA) is 50.1 Å². The Morgan fingerprint density at radius 1 is 1.14 bits per heavy atom. The molecule has 0 spiro atoms. The number of aromatic amines is 1. The summed E-state index contributed by atoms with van der Waals surface area (Å²) in [6.07, 6.45) is 1.62. The van der Waals surface area contributed by atoms with E-state index < -0.39 is 0 Å². The summed E-state index contributed by atoms with van der Waals surface area (Å²) in [5.74, 6) is 0. The van der Waals surface area contributed by atoms with Gasteiger partial charge in [-0.2, -0.15) is 9.78 Å². The van der Waals surface area contributed by atoms with Crippen molar-refractivity contribution in [3.05, 3.63) is 74.8 Å². The lowest BCUT2D eigenvalue weighted by Crippen LogP contribution is -2.18. The van der Waals surface area contributed by atoms with E-state index in [2.05, 4.69) is 10.1 Å². The van der Waals surface area contributed by atoms with Crippen LogP contribution in [0.25, 0.3) is 10.9 Å². The first kappa shape index (κ1) is 13.5. The van der Waals surface area contributed by atoms with E-state index >= 15 is 0 Å². The summed E-state index contributed by atoms with van der Waals surface area (Å²) in [4.78, 5) is 15.4. The van der Waals surface area contributed by atoms with Crippen LogP contribution in [-0.2, 0) is 0 Å². The molecule has 0 aliphatic carbocycles. The fourth-order valence-corrected chi connectivity index (χ4v) is 2.27. The molecule has 3 aromatic rings. The molecule has 0 unspecified atom stereocenters. The van der Waals surface area contributed by atoms with Crippen molar-refractivity contribution in [2.45, 2.75) is 6.92 Å². The van der Waals surface area contributed by atoms with Gasteiger partial charge in [0.05, 0.1) is 17.1 Å². The second kappa shape index (κ2) is 5.46. The number of hydrogen-bond acceptors (Lipinski definition) is 3. The normalized spacial score (nSPS) is 11.3. The van der Waals surface area contributed by atoms with E-state index in [1.54, 1.807) is 12.3 Å². The number of aromatic nitrogens is 2. The van der Waals surface area contributed by atoms with Crippen LogP contribution in [0, 0.1) is 11.7 Å². The van der Waals surface area contributed by atoms with E-state index in [-0.39, 0.29) is 10.3 Å². The molecule has 5 heteroatoms. The third-order valence-electron chi connectivity index (χ3n) is 3.18. The second-order valence-corrected chi connectivity index (χ2v) is 5.13. The van der Waals surface area contributed by atoms with Crippen LogP contribution in [0.4, 0.5) is 0 Å². The second-order valence-electron chi connectivity index (χ2n) is 4.75. The van der Waals surface area contributed by atoms with Crippen molar-refractivity contribution in [3.63, 3.8) is 0 Å². The Morgan fingerprint density at radius 2 is 1.86 bits per heavy atom. The van der Waals surface area contributed by atoms with E-state index in [1.807, 2.05) is 49.4 Å². The number of benzene rings is 2. The average Bonchev–Trinajstić information content (AvgIpc) is 2.49. The Balaban J connectivity index is 2.10. The molecule has 0 fully saturated rings. The third-order valence-corrected chi connectivity index (χ3v) is 3.46. The summed E-state index contributed by atoms with van der Waals surface area (Å²) < 4.78 is 1.49. The van der Waals surface area contributed by atoms with Crippen LogP contribution < -0.4 is 5.56 Å². The maximum absolute atomic E-state index is 12.4. The molecule has 3 rings (SSSR count). The lowest BCUT2D eigenvalue weighted by atomic mass is 10.2. The number of para-hydroxylation sites is 1. The van der Waals surface area contributed by atoms with Gasteiger partial charge in [0.1, 0.15) is 0 Å². The Labute approximate surface area is 126 Å². The molecule has 0 saturated carbocycles. The molecule has 0 aliphatic rings. The first-order valence-electron chi connectivity index (χ1n) is 6.50. The van der Waals surface area contributed by atoms with Gasteiger partial charge in [0.25, 0.3) is 5.56 Å². The van der Waals surface area contributed by atoms with Gasteiger partial charge in [-0.15, -0.1) is 0 Å². The van der Waals surface area contributed by atoms with E-state index in [9.17, 15) is 4.79 Å². The van der Waals surface area contributed by atoms with E-state index in [4.69, 9.17) is 12.2 Å². The molecule has 2 aromatic carbocycles. The smallest absolute Gasteiger partial charge is 0.282 e. The monoisotopic (exact) mass is 295 g/mol. The van der Waals surface area contributed by atoms with Gasteiger partial charge in [-0.1, -0.05) is 42.0 Å². The van der Waals surface area contributed by atoms with Gasteiger partial charge < -0.3 is 4.98 Å². The first-order chi connectivity index (χ1) is 10.1. The molecule has 1 aromatic heterocycles. The van der Waals surface area contributed by atoms with Crippen LogP contribution >= 0.6 is 12.2 Å². The molecule has 0 bridgehead atoms. The Hall–Kier alpha value is -2.53. The molecule has 0 amide bonds. The maximum Gasteiger partial charge on any atom is 0.282 e. The van der Waals surface area contributed by atoms with Gasteiger partial charge in [0.15, 0.2) is 0 Å². The molecule has 4 nitrogen and oxygen atoms in total. The number of nitrogens with zero attached hydrogens (tertiary/aromatic N) is 2. The number of H-pyrrole nitrogens is 1. The zero-order valence-electron chi connectivity index (χ0n) is 11.4. The maximum atomic E-state index is 12.4. The number of rotatable bonds is 2. The highest BCUT2D eigenvalue weighted by molar-refractivity contribution is 7.71. The quantitative estimate of drug-likeness (QED) is 0.583. The Morgan fingerprint density at radius 3 is 2.62 bits per heavy atom. The molecular formula is C16H13N3OS. The zero-order chi connectivity index (χ0) is 14.8. The number of fused-ring (bicyclic) bond motifs is 1. The summed E-state index contributed by atoms with van der Waals surface area (Å²) in [6.45, 7) is 2.02. The minimum Gasteiger partial charge on any atom is -0.330 e. The zero-order valence-corrected chi connectivity index (χ0v) is 12.2. The number of hydrogen-bond donors (Lipinski definition) is 1. The third kappa shape index (κ3) is 2.68. The van der Waals surface area contributed by atoms with E-state index in [0.29, 0.717) is 10.9 Å². The van der Waals surface area contributed by atoms with Crippen LogP contribution in [0.2, 0.25) is 0 Å². The van der Waals surface area contributed by atoms with Crippen molar-refractivity contribution >= 4 is 29.3 Å². The molecule has 0 radical (unpaired) electrons. The van der Waals surface area contributed by atoms with Crippen LogP contribution in [-0.4, -0.2) is 15.9 Å². The highest BCUT2D eigenvalue weighted by Gasteiger charge is 2.03. The van der Waals surface area contributed by atoms with Crippen molar-refractivity contribution in [1.29, 1.82) is 0 Å². The predicted molar refractivity (Wildman–Crippen MR) is 87.6 cm³/mol. The van der Waals surface area contributed by atoms with Gasteiger partial charge in [-0.05, 0) is 36.8 Å². The highest BCUT2D eigenvalue weighted by atomic mass is 32.1. The Bertz CT molecular complexity index is 936. The summed E-state index contributed by atoms with van der Waals surface area (Å²) in [5, 5.41) is 4.76. The molecule has 1 heterocycles. The minimum atomic E-state index is -0.224. The SMILES string of the molecule is Cc1ccc(/C=N/n2c(=S)[nH]c3ccccc3c2=O)cc1. The van der Waals surface area contributed by atoms with Gasteiger partial charge in [-0.25, -0.2) is 0 Å². The van der Waals surface area contributed by atoms with Crippen LogP contribution in [0.15, 0.2) is 58.4 Å². The van der Waals surface area contributed by atoms with Crippen LogP contribution in [0.3, 0.4) is 0 Å². The van der Waals surface area contributed by atoms with Crippen molar-refractivity contribution in [3.8, 4) is 0 Å². The van der Waals surface area contributed by atoms with Gasteiger partial charge in [0, 0.05) is 0 Å². The summed E-state index contributed by atoms with van der Waals surface area (Å²) in [6, 6.07) is 15.1. The first-order valence-corrected chi connectivity index (χ1v) is 6.91. The summed E-state index contributed by atoms with van der Waals surface area (Å²) in [7, 11) is 0. The van der Waals surface area contributed by atoms with Crippen molar-refractivity contribution < 1.29 is 0 Å². The highest BCUT2D eigenvalue weighted by Crippen LogP contribution is 2.06. The molecule has 0 saturated heterocycles. The van der Waals surface area contributed by atoms with E-state index in [1.165, 1.54) is 10.2 Å². The van der Waals surface area contributed by atoms with Crippen LogP contribution in [0.5, 0.6) is 0 Å². The summed E-state index contributed by atoms with van der Waals surface area (Å²) in [5.41, 5.74) is 2.58. The standard InChI is InChI=1S/C16H13N3OS/c1-11-6-8-12(9-7-11)10-17-19-15(20)13-4-2-3-5-14(13)18-16(19)21/h2-10H,1H3,(H,18,21)/b17-10+. The molecule has 0 atom stereocenters. The number of nitrogens with one attached hydrogen (secondary N) is 1. The van der Waals surface area contributed by atoms with Crippen LogP contribution in [0.1, 0.15) is 11.1 Å². The van der Waals surface area contributed by atoms with Gasteiger partial charge >= 0.3 is 0 Å². The number of aryl methyl sites for hydroxylation is 1. The largest absolute Gasteiger partial charge is 0.330 e. The molecule has 104 valence electrons. The fraction of sp³-hybridized carbons (Fsp3) is 0.0625. The fourth-order valence-electron chi connectivity index (χ4n) is 2.03.